The van der Waals surface area contributed by atoms with E-state index < -0.39 is 24.3 Å². The summed E-state index contributed by atoms with van der Waals surface area (Å²) in [6.45, 7) is 3.22. The summed E-state index contributed by atoms with van der Waals surface area (Å²) in [7, 11) is 0. The van der Waals surface area contributed by atoms with Crippen molar-refractivity contribution in [3.05, 3.63) is 54.2 Å². The van der Waals surface area contributed by atoms with Crippen LogP contribution < -0.4 is 0 Å². The summed E-state index contributed by atoms with van der Waals surface area (Å²) < 4.78 is 80.8. The number of morpholine rings is 1. The molecule has 0 spiro atoms. The van der Waals surface area contributed by atoms with E-state index in [9.17, 15) is 26.3 Å². The van der Waals surface area contributed by atoms with Gasteiger partial charge in [0.25, 0.3) is 0 Å². The molecule has 1 aliphatic carbocycles. The van der Waals surface area contributed by atoms with Gasteiger partial charge in [-0.05, 0) is 31.0 Å². The molecule has 0 aromatic carbocycles. The molecule has 2 N–H and O–H groups in total. The van der Waals surface area contributed by atoms with Gasteiger partial charge in [0.05, 0.1) is 43.6 Å². The van der Waals surface area contributed by atoms with Crippen molar-refractivity contribution >= 4 is 11.9 Å². The smallest absolute Gasteiger partial charge is 0.475 e. The molecule has 0 bridgehead atoms. The molecule has 2 aromatic rings. The lowest BCUT2D eigenvalue weighted by Crippen LogP contribution is -2.51. The first-order valence-electron chi connectivity index (χ1n) is 10.8. The molecule has 1 aliphatic heterocycles. The Balaban J connectivity index is 0.000000286. The van der Waals surface area contributed by atoms with Crippen LogP contribution in [0.2, 0.25) is 0 Å². The van der Waals surface area contributed by atoms with Crippen molar-refractivity contribution in [1.82, 2.24) is 9.88 Å². The Hall–Kier alpha value is -3.17. The Morgan fingerprint density at radius 1 is 1.05 bits per heavy atom. The predicted molar refractivity (Wildman–Crippen MR) is 112 cm³/mol. The number of ether oxygens (including phenoxy) is 2. The van der Waals surface area contributed by atoms with Crippen molar-refractivity contribution in [2.75, 3.05) is 13.2 Å². The Morgan fingerprint density at radius 3 is 2.22 bits per heavy atom. The number of carboxylic acid groups (broad SMARTS) is 2. The van der Waals surface area contributed by atoms with Gasteiger partial charge in [-0.25, -0.2) is 9.59 Å². The van der Waals surface area contributed by atoms with Gasteiger partial charge in [-0.15, -0.1) is 0 Å². The van der Waals surface area contributed by atoms with Gasteiger partial charge in [-0.1, -0.05) is 6.07 Å². The van der Waals surface area contributed by atoms with E-state index in [4.69, 9.17) is 33.7 Å². The van der Waals surface area contributed by atoms with Gasteiger partial charge in [0.15, 0.2) is 0 Å². The molecule has 206 valence electrons. The molecular weight excluding hydrogens is 518 g/mol. The van der Waals surface area contributed by atoms with E-state index in [1.54, 1.807) is 12.5 Å². The lowest BCUT2D eigenvalue weighted by atomic mass is 10.1. The Bertz CT molecular complexity index is 946. The molecule has 2 aliphatic rings. The van der Waals surface area contributed by atoms with Gasteiger partial charge in [0, 0.05) is 30.9 Å². The minimum absolute atomic E-state index is 0.161. The number of nitrogens with zero attached hydrogens (tertiary/aromatic N) is 2. The topological polar surface area (TPSA) is 122 Å². The van der Waals surface area contributed by atoms with Crippen molar-refractivity contribution in [3.63, 3.8) is 0 Å². The molecule has 3 heterocycles. The predicted octanol–water partition coefficient (Wildman–Crippen LogP) is 3.89. The van der Waals surface area contributed by atoms with Crippen LogP contribution in [0.5, 0.6) is 0 Å². The van der Waals surface area contributed by atoms with Gasteiger partial charge in [0.1, 0.15) is 0 Å². The van der Waals surface area contributed by atoms with Crippen molar-refractivity contribution < 1.29 is 60.0 Å². The summed E-state index contributed by atoms with van der Waals surface area (Å²) in [6, 6.07) is 8.39. The first-order valence-corrected chi connectivity index (χ1v) is 10.8. The van der Waals surface area contributed by atoms with Crippen LogP contribution in [0.4, 0.5) is 26.3 Å². The zero-order chi connectivity index (χ0) is 27.6. The standard InChI is InChI=1S/C18H22N2O3.2C2HF3O2/c1-2-7-19-15(3-1)13-23-17-5-4-16-18(17)22-10-8-20(16)11-14-6-9-21-12-14;2*3-2(4,5)1(6)7/h1-3,6-7,9,12,16-18H,4-5,8,10-11,13H2;2*(H,6,7)/t16-,17+,18+;;/m0../s1. The lowest BCUT2D eigenvalue weighted by Gasteiger charge is -2.38. The summed E-state index contributed by atoms with van der Waals surface area (Å²) in [6.07, 6.45) is -2.30. The zero-order valence-electron chi connectivity index (χ0n) is 19.1. The second-order valence-corrected chi connectivity index (χ2v) is 7.86. The van der Waals surface area contributed by atoms with E-state index in [0.29, 0.717) is 12.6 Å². The number of fused-ring (bicyclic) bond motifs is 1. The van der Waals surface area contributed by atoms with Crippen molar-refractivity contribution in [2.45, 2.75) is 56.6 Å². The first-order chi connectivity index (χ1) is 17.3. The van der Waals surface area contributed by atoms with E-state index in [-0.39, 0.29) is 12.2 Å². The fraction of sp³-hybridized carbons (Fsp3) is 0.500. The van der Waals surface area contributed by atoms with E-state index in [2.05, 4.69) is 9.88 Å². The van der Waals surface area contributed by atoms with Crippen LogP contribution in [0.25, 0.3) is 0 Å². The number of aromatic nitrogens is 1. The monoisotopic (exact) mass is 542 g/mol. The summed E-state index contributed by atoms with van der Waals surface area (Å²) in [5.41, 5.74) is 2.20. The maximum atomic E-state index is 10.6. The van der Waals surface area contributed by atoms with E-state index in [1.165, 1.54) is 5.56 Å². The molecule has 0 unspecified atom stereocenters. The Kier molecular flexibility index (Phi) is 10.9. The molecule has 9 nitrogen and oxygen atoms in total. The molecule has 0 radical (unpaired) electrons. The molecule has 15 heteroatoms. The number of rotatable bonds is 5. The zero-order valence-corrected chi connectivity index (χ0v) is 19.1. The summed E-state index contributed by atoms with van der Waals surface area (Å²) in [5.74, 6) is -5.51. The Morgan fingerprint density at radius 2 is 1.70 bits per heavy atom. The first kappa shape index (κ1) is 30.1. The number of hydrogen-bond acceptors (Lipinski definition) is 7. The van der Waals surface area contributed by atoms with E-state index >= 15 is 0 Å². The third-order valence-electron chi connectivity index (χ3n) is 5.27. The normalized spacial score (nSPS) is 21.6. The quantitative estimate of drug-likeness (QED) is 0.542. The minimum atomic E-state index is -5.08. The van der Waals surface area contributed by atoms with Crippen LogP contribution in [0.1, 0.15) is 24.1 Å². The minimum Gasteiger partial charge on any atom is -0.475 e. The van der Waals surface area contributed by atoms with Crippen LogP contribution in [-0.4, -0.2) is 75.8 Å². The largest absolute Gasteiger partial charge is 0.490 e. The van der Waals surface area contributed by atoms with Crippen molar-refractivity contribution in [3.8, 4) is 0 Å². The highest BCUT2D eigenvalue weighted by Crippen LogP contribution is 2.33. The van der Waals surface area contributed by atoms with Gasteiger partial charge >= 0.3 is 24.3 Å². The molecular formula is C22H24F6N2O7. The molecule has 4 rings (SSSR count). The summed E-state index contributed by atoms with van der Waals surface area (Å²) >= 11 is 0. The second kappa shape index (κ2) is 13.4. The van der Waals surface area contributed by atoms with Crippen LogP contribution >= 0.6 is 0 Å². The SMILES string of the molecule is O=C(O)C(F)(F)F.O=C(O)C(F)(F)F.c1ccc(CO[C@@H]2CC[C@H]3[C@H]2OCCN3Cc2ccoc2)nc1. The van der Waals surface area contributed by atoms with Gasteiger partial charge in [0.2, 0.25) is 0 Å². The fourth-order valence-corrected chi connectivity index (χ4v) is 3.66. The molecule has 2 aromatic heterocycles. The highest BCUT2D eigenvalue weighted by Gasteiger charge is 2.43. The number of hydrogen-bond donors (Lipinski definition) is 2. The van der Waals surface area contributed by atoms with Crippen molar-refractivity contribution in [2.24, 2.45) is 0 Å². The molecule has 3 atom stereocenters. The molecule has 1 saturated heterocycles. The van der Waals surface area contributed by atoms with Crippen LogP contribution in [0.15, 0.2) is 47.4 Å². The maximum Gasteiger partial charge on any atom is 0.490 e. The molecule has 37 heavy (non-hydrogen) atoms. The highest BCUT2D eigenvalue weighted by molar-refractivity contribution is 5.73. The number of carboxylic acids is 2. The average Bonchev–Trinajstić information content (AvgIpc) is 3.48. The van der Waals surface area contributed by atoms with E-state index in [1.807, 2.05) is 30.5 Å². The highest BCUT2D eigenvalue weighted by atomic mass is 19.4. The van der Waals surface area contributed by atoms with Gasteiger partial charge < -0.3 is 24.1 Å². The van der Waals surface area contributed by atoms with E-state index in [0.717, 1.165) is 38.2 Å². The number of carbonyl (C=O) groups is 2. The maximum absolute atomic E-state index is 10.6. The third-order valence-corrected chi connectivity index (χ3v) is 5.27. The number of alkyl halides is 6. The fourth-order valence-electron chi connectivity index (χ4n) is 3.66. The van der Waals surface area contributed by atoms with Crippen LogP contribution in [0, 0.1) is 0 Å². The second-order valence-electron chi connectivity index (χ2n) is 7.86. The molecule has 0 amide bonds. The van der Waals surface area contributed by atoms with Gasteiger partial charge in [-0.3, -0.25) is 9.88 Å². The van der Waals surface area contributed by atoms with Crippen LogP contribution in [-0.2, 0) is 32.2 Å². The number of furan rings is 1. The number of aliphatic carboxylic acids is 2. The van der Waals surface area contributed by atoms with Crippen LogP contribution in [0.3, 0.4) is 0 Å². The van der Waals surface area contributed by atoms with Crippen molar-refractivity contribution in [1.29, 1.82) is 0 Å². The third kappa shape index (κ3) is 10.0. The summed E-state index contributed by atoms with van der Waals surface area (Å²) in [4.78, 5) is 24.6. The number of pyridine rings is 1. The lowest BCUT2D eigenvalue weighted by molar-refractivity contribution is -0.193. The number of halogens is 6. The molecule has 1 saturated carbocycles. The summed E-state index contributed by atoms with van der Waals surface area (Å²) in [5, 5.41) is 14.2. The van der Waals surface area contributed by atoms with Gasteiger partial charge in [-0.2, -0.15) is 26.3 Å². The molecule has 2 fully saturated rings. The Labute approximate surface area is 206 Å². The average molecular weight is 542 g/mol.